The standard InChI is InChI=1S/C12H12BrFN2O/c13-11-8(7-15)1-2-10(12(11)14)16-9-3-5-17-6-4-9/h1-2,9,16H,3-6H2. The molecule has 1 fully saturated rings. The largest absolute Gasteiger partial charge is 0.381 e. The van der Waals surface area contributed by atoms with Crippen molar-refractivity contribution >= 4 is 21.6 Å². The van der Waals surface area contributed by atoms with Gasteiger partial charge in [0.1, 0.15) is 6.07 Å². The van der Waals surface area contributed by atoms with Crippen molar-refractivity contribution in [3.63, 3.8) is 0 Å². The quantitative estimate of drug-likeness (QED) is 0.913. The summed E-state index contributed by atoms with van der Waals surface area (Å²) < 4.78 is 19.4. The molecule has 0 saturated carbocycles. The summed E-state index contributed by atoms with van der Waals surface area (Å²) in [6.45, 7) is 1.41. The van der Waals surface area contributed by atoms with Crippen LogP contribution in [0.5, 0.6) is 0 Å². The first-order chi connectivity index (χ1) is 8.22. The van der Waals surface area contributed by atoms with Crippen molar-refractivity contribution in [2.24, 2.45) is 0 Å². The van der Waals surface area contributed by atoms with Crippen molar-refractivity contribution in [2.75, 3.05) is 18.5 Å². The molecular weight excluding hydrogens is 287 g/mol. The van der Waals surface area contributed by atoms with Crippen LogP contribution in [0, 0.1) is 17.1 Å². The lowest BCUT2D eigenvalue weighted by Crippen LogP contribution is -2.28. The van der Waals surface area contributed by atoms with Gasteiger partial charge in [-0.2, -0.15) is 5.26 Å². The van der Waals surface area contributed by atoms with E-state index in [0.717, 1.165) is 12.8 Å². The Morgan fingerprint density at radius 2 is 2.12 bits per heavy atom. The Morgan fingerprint density at radius 3 is 2.76 bits per heavy atom. The maximum Gasteiger partial charge on any atom is 0.161 e. The van der Waals surface area contributed by atoms with Gasteiger partial charge in [-0.05, 0) is 40.9 Å². The highest BCUT2D eigenvalue weighted by atomic mass is 79.9. The molecule has 1 aliphatic heterocycles. The number of nitrogens with one attached hydrogen (secondary N) is 1. The summed E-state index contributed by atoms with van der Waals surface area (Å²) in [6, 6.07) is 5.38. The van der Waals surface area contributed by atoms with Crippen LogP contribution in [0.2, 0.25) is 0 Å². The van der Waals surface area contributed by atoms with Gasteiger partial charge in [-0.25, -0.2) is 4.39 Å². The van der Waals surface area contributed by atoms with Gasteiger partial charge in [0, 0.05) is 19.3 Å². The van der Waals surface area contributed by atoms with Crippen molar-refractivity contribution in [1.82, 2.24) is 0 Å². The van der Waals surface area contributed by atoms with Crippen molar-refractivity contribution in [1.29, 1.82) is 5.26 Å². The van der Waals surface area contributed by atoms with Gasteiger partial charge in [-0.1, -0.05) is 0 Å². The topological polar surface area (TPSA) is 45.0 Å². The molecule has 1 heterocycles. The van der Waals surface area contributed by atoms with Crippen molar-refractivity contribution in [3.05, 3.63) is 28.0 Å². The van der Waals surface area contributed by atoms with E-state index >= 15 is 0 Å². The number of rotatable bonds is 2. The Bertz CT molecular complexity index is 453. The Labute approximate surface area is 108 Å². The number of nitriles is 1. The lowest BCUT2D eigenvalue weighted by atomic mass is 10.1. The average Bonchev–Trinajstić information content (AvgIpc) is 2.37. The zero-order valence-electron chi connectivity index (χ0n) is 9.17. The van der Waals surface area contributed by atoms with Crippen LogP contribution in [-0.2, 0) is 4.74 Å². The van der Waals surface area contributed by atoms with E-state index in [1.165, 1.54) is 0 Å². The number of halogens is 2. The fraction of sp³-hybridized carbons (Fsp3) is 0.417. The minimum Gasteiger partial charge on any atom is -0.381 e. The molecule has 0 aromatic heterocycles. The van der Waals surface area contributed by atoms with Crippen molar-refractivity contribution < 1.29 is 9.13 Å². The minimum atomic E-state index is -0.407. The predicted molar refractivity (Wildman–Crippen MR) is 66.3 cm³/mol. The smallest absolute Gasteiger partial charge is 0.161 e. The molecule has 0 aliphatic carbocycles. The lowest BCUT2D eigenvalue weighted by molar-refractivity contribution is 0.0904. The molecule has 0 amide bonds. The lowest BCUT2D eigenvalue weighted by Gasteiger charge is -2.24. The van der Waals surface area contributed by atoms with Crippen LogP contribution in [0.25, 0.3) is 0 Å². The average molecular weight is 299 g/mol. The second kappa shape index (κ2) is 5.48. The number of ether oxygens (including phenoxy) is 1. The molecule has 2 rings (SSSR count). The van der Waals surface area contributed by atoms with E-state index in [1.54, 1.807) is 12.1 Å². The maximum atomic E-state index is 13.9. The summed E-state index contributed by atoms with van der Waals surface area (Å²) >= 11 is 3.09. The van der Waals surface area contributed by atoms with Crippen LogP contribution in [-0.4, -0.2) is 19.3 Å². The highest BCUT2D eigenvalue weighted by molar-refractivity contribution is 9.10. The molecule has 0 atom stereocenters. The molecule has 1 aromatic rings. The van der Waals surface area contributed by atoms with Gasteiger partial charge in [0.25, 0.3) is 0 Å². The Hall–Kier alpha value is -1.12. The number of benzene rings is 1. The van der Waals surface area contributed by atoms with E-state index in [2.05, 4.69) is 21.2 Å². The van der Waals surface area contributed by atoms with Gasteiger partial charge >= 0.3 is 0 Å². The van der Waals surface area contributed by atoms with Crippen LogP contribution in [0.3, 0.4) is 0 Å². The van der Waals surface area contributed by atoms with Gasteiger partial charge in [0.2, 0.25) is 0 Å². The zero-order chi connectivity index (χ0) is 12.3. The highest BCUT2D eigenvalue weighted by Gasteiger charge is 2.17. The normalized spacial score (nSPS) is 16.5. The van der Waals surface area contributed by atoms with Crippen LogP contribution in [0.15, 0.2) is 16.6 Å². The molecule has 0 unspecified atom stereocenters. The summed E-state index contributed by atoms with van der Waals surface area (Å²) in [5.41, 5.74) is 0.739. The molecule has 17 heavy (non-hydrogen) atoms. The third-order valence-electron chi connectivity index (χ3n) is 2.78. The number of hydrogen-bond donors (Lipinski definition) is 1. The van der Waals surface area contributed by atoms with Gasteiger partial charge in [0.15, 0.2) is 5.82 Å². The number of anilines is 1. The number of hydrogen-bond acceptors (Lipinski definition) is 3. The molecule has 5 heteroatoms. The third-order valence-corrected chi connectivity index (χ3v) is 3.56. The van der Waals surface area contributed by atoms with E-state index in [0.29, 0.717) is 24.5 Å². The van der Waals surface area contributed by atoms with Crippen LogP contribution in [0.1, 0.15) is 18.4 Å². The van der Waals surface area contributed by atoms with Crippen molar-refractivity contribution in [2.45, 2.75) is 18.9 Å². The van der Waals surface area contributed by atoms with E-state index in [9.17, 15) is 4.39 Å². The fourth-order valence-electron chi connectivity index (χ4n) is 1.81. The Morgan fingerprint density at radius 1 is 1.41 bits per heavy atom. The Balaban J connectivity index is 2.16. The van der Waals surface area contributed by atoms with E-state index in [1.807, 2.05) is 6.07 Å². The fourth-order valence-corrected chi connectivity index (χ4v) is 2.24. The second-order valence-corrected chi connectivity index (χ2v) is 4.72. The van der Waals surface area contributed by atoms with E-state index < -0.39 is 5.82 Å². The third kappa shape index (κ3) is 2.76. The van der Waals surface area contributed by atoms with Gasteiger partial charge in [-0.3, -0.25) is 0 Å². The van der Waals surface area contributed by atoms with Gasteiger partial charge < -0.3 is 10.1 Å². The summed E-state index contributed by atoms with van der Waals surface area (Å²) in [7, 11) is 0. The molecular formula is C12H12BrFN2O. The summed E-state index contributed by atoms with van der Waals surface area (Å²) in [5.74, 6) is -0.407. The van der Waals surface area contributed by atoms with Crippen LogP contribution >= 0.6 is 15.9 Å². The molecule has 90 valence electrons. The van der Waals surface area contributed by atoms with Gasteiger partial charge in [0.05, 0.1) is 15.7 Å². The summed E-state index contributed by atoms with van der Waals surface area (Å²) in [6.07, 6.45) is 1.74. The first-order valence-electron chi connectivity index (χ1n) is 5.44. The molecule has 0 radical (unpaired) electrons. The molecule has 0 bridgehead atoms. The number of nitrogens with zero attached hydrogens (tertiary/aromatic N) is 1. The summed E-state index contributed by atoms with van der Waals surface area (Å²) in [5, 5.41) is 11.9. The van der Waals surface area contributed by atoms with Crippen LogP contribution < -0.4 is 5.32 Å². The highest BCUT2D eigenvalue weighted by Crippen LogP contribution is 2.27. The predicted octanol–water partition coefficient (Wildman–Crippen LogP) is 3.05. The molecule has 3 nitrogen and oxygen atoms in total. The molecule has 1 aliphatic rings. The Kier molecular flexibility index (Phi) is 3.97. The summed E-state index contributed by atoms with van der Waals surface area (Å²) in [4.78, 5) is 0. The monoisotopic (exact) mass is 298 g/mol. The molecule has 1 saturated heterocycles. The molecule has 1 N–H and O–H groups in total. The minimum absolute atomic E-state index is 0.219. The van der Waals surface area contributed by atoms with E-state index in [-0.39, 0.29) is 10.5 Å². The molecule has 1 aromatic carbocycles. The first-order valence-corrected chi connectivity index (χ1v) is 6.24. The molecule has 0 spiro atoms. The second-order valence-electron chi connectivity index (χ2n) is 3.93. The first kappa shape index (κ1) is 12.3. The SMILES string of the molecule is N#Cc1ccc(NC2CCOCC2)c(F)c1Br. The zero-order valence-corrected chi connectivity index (χ0v) is 10.8. The van der Waals surface area contributed by atoms with Crippen molar-refractivity contribution in [3.8, 4) is 6.07 Å². The van der Waals surface area contributed by atoms with E-state index in [4.69, 9.17) is 10.00 Å². The van der Waals surface area contributed by atoms with Gasteiger partial charge in [-0.15, -0.1) is 0 Å². The van der Waals surface area contributed by atoms with Crippen LogP contribution in [0.4, 0.5) is 10.1 Å². The maximum absolute atomic E-state index is 13.9.